The molecule has 0 heterocycles. The molecule has 0 spiro atoms. The number of carboxylic acid groups (broad SMARTS) is 1. The topological polar surface area (TPSA) is 60.9 Å². The van der Waals surface area contributed by atoms with Crippen molar-refractivity contribution in [3.05, 3.63) is 0 Å². The van der Waals surface area contributed by atoms with Crippen molar-refractivity contribution in [3.63, 3.8) is 0 Å². The maximum Gasteiger partial charge on any atom is 0.323 e. The minimum absolute atomic E-state index is 0.0414. The van der Waals surface area contributed by atoms with Crippen LogP contribution in [0.2, 0.25) is 0 Å². The van der Waals surface area contributed by atoms with Crippen LogP contribution in [-0.4, -0.2) is 53.1 Å². The molecule has 17 heavy (non-hydrogen) atoms. The standard InChI is InChI=1S/C12H22N2O3/c1-4-9(2)14(8-11(15)16)12(17)13(3)7-10-5-6-10/h9-10H,4-8H2,1-3H3,(H,15,16). The van der Waals surface area contributed by atoms with Gasteiger partial charge in [0, 0.05) is 19.6 Å². The Balaban J connectivity index is 2.59. The molecule has 0 bridgehead atoms. The number of aliphatic carboxylic acids is 1. The summed E-state index contributed by atoms with van der Waals surface area (Å²) in [6, 6.07) is -0.214. The van der Waals surface area contributed by atoms with E-state index < -0.39 is 5.97 Å². The van der Waals surface area contributed by atoms with Crippen LogP contribution in [0.15, 0.2) is 0 Å². The van der Waals surface area contributed by atoms with Gasteiger partial charge in [-0.15, -0.1) is 0 Å². The van der Waals surface area contributed by atoms with Crippen molar-refractivity contribution >= 4 is 12.0 Å². The zero-order chi connectivity index (χ0) is 13.0. The van der Waals surface area contributed by atoms with E-state index in [1.165, 1.54) is 17.7 Å². The maximum atomic E-state index is 12.1. The van der Waals surface area contributed by atoms with E-state index in [1.807, 2.05) is 13.8 Å². The molecule has 5 nitrogen and oxygen atoms in total. The molecular weight excluding hydrogens is 220 g/mol. The molecule has 1 rings (SSSR count). The molecule has 1 aliphatic rings. The molecule has 0 aliphatic heterocycles. The molecule has 1 aliphatic carbocycles. The number of amides is 2. The summed E-state index contributed by atoms with van der Waals surface area (Å²) in [5, 5.41) is 8.84. The van der Waals surface area contributed by atoms with Gasteiger partial charge in [-0.25, -0.2) is 4.79 Å². The van der Waals surface area contributed by atoms with E-state index in [9.17, 15) is 9.59 Å². The average Bonchev–Trinajstić information content (AvgIpc) is 3.07. The van der Waals surface area contributed by atoms with Crippen LogP contribution < -0.4 is 0 Å². The first kappa shape index (κ1) is 13.8. The van der Waals surface area contributed by atoms with Crippen molar-refractivity contribution in [3.8, 4) is 0 Å². The molecule has 1 fully saturated rings. The third-order valence-electron chi connectivity index (χ3n) is 3.23. The van der Waals surface area contributed by atoms with Crippen LogP contribution in [0.1, 0.15) is 33.1 Å². The number of rotatable bonds is 6. The Bertz CT molecular complexity index is 289. The normalized spacial score (nSPS) is 16.4. The summed E-state index contributed by atoms with van der Waals surface area (Å²) >= 11 is 0. The van der Waals surface area contributed by atoms with Crippen molar-refractivity contribution < 1.29 is 14.7 Å². The molecule has 1 N–H and O–H groups in total. The first-order valence-corrected chi connectivity index (χ1v) is 6.19. The van der Waals surface area contributed by atoms with Crippen molar-refractivity contribution in [1.82, 2.24) is 9.80 Å². The molecule has 0 aromatic carbocycles. The second-order valence-electron chi connectivity index (χ2n) is 4.89. The summed E-state index contributed by atoms with van der Waals surface area (Å²) in [6.45, 7) is 4.35. The fourth-order valence-corrected chi connectivity index (χ4v) is 1.76. The Morgan fingerprint density at radius 3 is 2.41 bits per heavy atom. The van der Waals surface area contributed by atoms with Crippen molar-refractivity contribution in [1.29, 1.82) is 0 Å². The van der Waals surface area contributed by atoms with E-state index in [1.54, 1.807) is 11.9 Å². The van der Waals surface area contributed by atoms with Crippen LogP contribution in [0.25, 0.3) is 0 Å². The summed E-state index contributed by atoms with van der Waals surface area (Å²) in [6.07, 6.45) is 3.12. The van der Waals surface area contributed by atoms with Gasteiger partial charge in [0.05, 0.1) is 0 Å². The SMILES string of the molecule is CCC(C)N(CC(=O)O)C(=O)N(C)CC1CC1. The molecule has 1 atom stereocenters. The first-order valence-electron chi connectivity index (χ1n) is 6.19. The van der Waals surface area contributed by atoms with Crippen LogP contribution in [0, 0.1) is 5.92 Å². The predicted octanol–water partition coefficient (Wildman–Crippen LogP) is 1.63. The highest BCUT2D eigenvalue weighted by molar-refractivity contribution is 5.80. The van der Waals surface area contributed by atoms with Crippen LogP contribution in [0.4, 0.5) is 4.79 Å². The monoisotopic (exact) mass is 242 g/mol. The van der Waals surface area contributed by atoms with Crippen LogP contribution in [0.3, 0.4) is 0 Å². The fourth-order valence-electron chi connectivity index (χ4n) is 1.76. The first-order chi connectivity index (χ1) is 7.95. The van der Waals surface area contributed by atoms with Gasteiger partial charge in [-0.05, 0) is 32.1 Å². The van der Waals surface area contributed by atoms with Crippen molar-refractivity contribution in [2.75, 3.05) is 20.1 Å². The highest BCUT2D eigenvalue weighted by Gasteiger charge is 2.29. The number of hydrogen-bond donors (Lipinski definition) is 1. The molecule has 1 saturated carbocycles. The number of carboxylic acids is 1. The van der Waals surface area contributed by atoms with Gasteiger partial charge < -0.3 is 14.9 Å². The van der Waals surface area contributed by atoms with Crippen LogP contribution in [-0.2, 0) is 4.79 Å². The lowest BCUT2D eigenvalue weighted by Crippen LogP contribution is -2.48. The van der Waals surface area contributed by atoms with E-state index in [0.29, 0.717) is 5.92 Å². The lowest BCUT2D eigenvalue weighted by Gasteiger charge is -2.31. The summed E-state index contributed by atoms with van der Waals surface area (Å²) < 4.78 is 0. The largest absolute Gasteiger partial charge is 0.480 e. The third-order valence-corrected chi connectivity index (χ3v) is 3.23. The highest BCUT2D eigenvalue weighted by Crippen LogP contribution is 2.29. The van der Waals surface area contributed by atoms with Crippen LogP contribution in [0.5, 0.6) is 0 Å². The molecular formula is C12H22N2O3. The molecule has 2 amide bonds. The van der Waals surface area contributed by atoms with Gasteiger partial charge in [0.15, 0.2) is 0 Å². The minimum atomic E-state index is -0.960. The number of carbonyl (C=O) groups excluding carboxylic acids is 1. The summed E-state index contributed by atoms with van der Waals surface area (Å²) in [5.74, 6) is -0.342. The zero-order valence-corrected chi connectivity index (χ0v) is 10.8. The summed E-state index contributed by atoms with van der Waals surface area (Å²) in [4.78, 5) is 26.0. The molecule has 0 aromatic rings. The second kappa shape index (κ2) is 5.89. The predicted molar refractivity (Wildman–Crippen MR) is 64.8 cm³/mol. The Labute approximate surface area is 102 Å². The smallest absolute Gasteiger partial charge is 0.323 e. The van der Waals surface area contributed by atoms with E-state index in [-0.39, 0.29) is 18.6 Å². The number of carbonyl (C=O) groups is 2. The van der Waals surface area contributed by atoms with E-state index >= 15 is 0 Å². The van der Waals surface area contributed by atoms with Gasteiger partial charge in [-0.3, -0.25) is 4.79 Å². The fraction of sp³-hybridized carbons (Fsp3) is 0.833. The van der Waals surface area contributed by atoms with Gasteiger partial charge in [-0.1, -0.05) is 6.92 Å². The molecule has 0 radical (unpaired) electrons. The Morgan fingerprint density at radius 1 is 1.41 bits per heavy atom. The maximum absolute atomic E-state index is 12.1. The average molecular weight is 242 g/mol. The quantitative estimate of drug-likeness (QED) is 0.770. The second-order valence-corrected chi connectivity index (χ2v) is 4.89. The number of urea groups is 1. The number of hydrogen-bond acceptors (Lipinski definition) is 2. The summed E-state index contributed by atoms with van der Waals surface area (Å²) in [7, 11) is 1.75. The van der Waals surface area contributed by atoms with Crippen molar-refractivity contribution in [2.24, 2.45) is 5.92 Å². The molecule has 98 valence electrons. The van der Waals surface area contributed by atoms with Crippen LogP contribution >= 0.6 is 0 Å². The van der Waals surface area contributed by atoms with E-state index in [4.69, 9.17) is 5.11 Å². The van der Waals surface area contributed by atoms with E-state index in [0.717, 1.165) is 13.0 Å². The van der Waals surface area contributed by atoms with Gasteiger partial charge in [-0.2, -0.15) is 0 Å². The Morgan fingerprint density at radius 2 is 2.00 bits per heavy atom. The van der Waals surface area contributed by atoms with Crippen molar-refractivity contribution in [2.45, 2.75) is 39.2 Å². The molecule has 1 unspecified atom stereocenters. The Kier molecular flexibility index (Phi) is 4.78. The van der Waals surface area contributed by atoms with E-state index in [2.05, 4.69) is 0 Å². The van der Waals surface area contributed by atoms with Gasteiger partial charge in [0.2, 0.25) is 0 Å². The lowest BCUT2D eigenvalue weighted by atomic mass is 10.2. The molecule has 5 heteroatoms. The Hall–Kier alpha value is -1.26. The number of nitrogens with zero attached hydrogens (tertiary/aromatic N) is 2. The third kappa shape index (κ3) is 4.24. The van der Waals surface area contributed by atoms with Gasteiger partial charge in [0.1, 0.15) is 6.54 Å². The molecule has 0 saturated heterocycles. The molecule has 0 aromatic heterocycles. The lowest BCUT2D eigenvalue weighted by molar-refractivity contribution is -0.138. The summed E-state index contributed by atoms with van der Waals surface area (Å²) in [5.41, 5.74) is 0. The van der Waals surface area contributed by atoms with Gasteiger partial charge >= 0.3 is 12.0 Å². The minimum Gasteiger partial charge on any atom is -0.480 e. The zero-order valence-electron chi connectivity index (χ0n) is 10.8. The highest BCUT2D eigenvalue weighted by atomic mass is 16.4. The van der Waals surface area contributed by atoms with Gasteiger partial charge in [0.25, 0.3) is 0 Å².